The van der Waals surface area contributed by atoms with E-state index in [2.05, 4.69) is 50.9 Å². The molecule has 0 amide bonds. The Morgan fingerprint density at radius 3 is 2.52 bits per heavy atom. The summed E-state index contributed by atoms with van der Waals surface area (Å²) in [6.45, 7) is 9.16. The molecule has 27 heavy (non-hydrogen) atoms. The summed E-state index contributed by atoms with van der Waals surface area (Å²) in [5, 5.41) is 2.35. The summed E-state index contributed by atoms with van der Waals surface area (Å²) >= 11 is 1.77. The first-order chi connectivity index (χ1) is 12.9. The van der Waals surface area contributed by atoms with Crippen molar-refractivity contribution < 1.29 is 0 Å². The van der Waals surface area contributed by atoms with Crippen molar-refractivity contribution in [1.82, 2.24) is 9.97 Å². The third-order valence-electron chi connectivity index (χ3n) is 5.07. The molecule has 0 aliphatic rings. The van der Waals surface area contributed by atoms with E-state index in [4.69, 9.17) is 10.7 Å². The molecule has 2 N–H and O–H groups in total. The highest BCUT2D eigenvalue weighted by atomic mass is 32.1. The predicted molar refractivity (Wildman–Crippen MR) is 120 cm³/mol. The maximum atomic E-state index is 6.20. The van der Waals surface area contributed by atoms with Crippen molar-refractivity contribution in [2.75, 3.05) is 5.73 Å². The lowest BCUT2D eigenvalue weighted by atomic mass is 9.89. The van der Waals surface area contributed by atoms with Crippen LogP contribution in [0.5, 0.6) is 0 Å². The number of anilines is 1. The fourth-order valence-electron chi connectivity index (χ4n) is 3.58. The normalized spacial score (nSPS) is 12.3. The van der Waals surface area contributed by atoms with Crippen LogP contribution in [0.2, 0.25) is 0 Å². The number of aromatic nitrogens is 2. The minimum atomic E-state index is 0.461. The van der Waals surface area contributed by atoms with Crippen LogP contribution in [0, 0.1) is 5.41 Å². The van der Waals surface area contributed by atoms with E-state index < -0.39 is 0 Å². The fraction of sp³-hybridized carbons (Fsp3) is 0.565. The molecule has 0 aliphatic carbocycles. The lowest BCUT2D eigenvalue weighted by Crippen LogP contribution is -2.03. The number of benzene rings is 1. The second-order valence-electron chi connectivity index (χ2n) is 8.86. The van der Waals surface area contributed by atoms with Gasteiger partial charge in [-0.15, -0.1) is 11.3 Å². The largest absolute Gasteiger partial charge is 0.382 e. The molecular weight excluding hydrogens is 350 g/mol. The van der Waals surface area contributed by atoms with Gasteiger partial charge in [0, 0.05) is 5.39 Å². The molecule has 146 valence electrons. The Bertz CT molecular complexity index is 905. The van der Waals surface area contributed by atoms with Crippen molar-refractivity contribution in [3.8, 4) is 0 Å². The monoisotopic (exact) mass is 383 g/mol. The average molecular weight is 384 g/mol. The van der Waals surface area contributed by atoms with Crippen LogP contribution in [0.1, 0.15) is 76.8 Å². The van der Waals surface area contributed by atoms with E-state index in [0.29, 0.717) is 11.2 Å². The summed E-state index contributed by atoms with van der Waals surface area (Å²) in [4.78, 5) is 9.35. The van der Waals surface area contributed by atoms with Gasteiger partial charge in [-0.2, -0.15) is 0 Å². The number of rotatable bonds is 8. The Morgan fingerprint density at radius 1 is 1.00 bits per heavy atom. The molecule has 3 aromatic rings. The molecule has 3 nitrogen and oxygen atoms in total. The zero-order valence-corrected chi connectivity index (χ0v) is 18.1. The number of hydrogen-bond acceptors (Lipinski definition) is 4. The molecule has 2 aromatic heterocycles. The van der Waals surface area contributed by atoms with Gasteiger partial charge in [-0.05, 0) is 49.1 Å². The molecule has 0 bridgehead atoms. The van der Waals surface area contributed by atoms with Gasteiger partial charge in [0.25, 0.3) is 0 Å². The van der Waals surface area contributed by atoms with Gasteiger partial charge >= 0.3 is 0 Å². The number of fused-ring (bicyclic) bond motifs is 3. The van der Waals surface area contributed by atoms with E-state index >= 15 is 0 Å². The summed E-state index contributed by atoms with van der Waals surface area (Å²) in [6, 6.07) is 6.69. The van der Waals surface area contributed by atoms with Crippen molar-refractivity contribution in [2.24, 2.45) is 5.41 Å². The maximum Gasteiger partial charge on any atom is 0.151 e. The van der Waals surface area contributed by atoms with Gasteiger partial charge in [0.1, 0.15) is 5.52 Å². The van der Waals surface area contributed by atoms with Crippen LogP contribution in [0.3, 0.4) is 0 Å². The van der Waals surface area contributed by atoms with Crippen LogP contribution in [-0.2, 0) is 12.8 Å². The maximum absolute atomic E-state index is 6.20. The van der Waals surface area contributed by atoms with Gasteiger partial charge < -0.3 is 5.73 Å². The summed E-state index contributed by atoms with van der Waals surface area (Å²) < 4.78 is 1.19. The number of nitrogens with two attached hydrogens (primary N) is 1. The molecule has 0 unspecified atom stereocenters. The first kappa shape index (κ1) is 20.1. The van der Waals surface area contributed by atoms with Crippen LogP contribution in [0.25, 0.3) is 21.1 Å². The van der Waals surface area contributed by atoms with Gasteiger partial charge in [0.2, 0.25) is 0 Å². The van der Waals surface area contributed by atoms with Gasteiger partial charge in [-0.1, -0.05) is 59.1 Å². The SMILES string of the molecule is CCCc1nc2c(N)nc3cc(CCCCCCC(C)(C)C)ccc3c2s1. The zero-order valence-electron chi connectivity index (χ0n) is 17.3. The third-order valence-corrected chi connectivity index (χ3v) is 6.22. The second-order valence-corrected chi connectivity index (χ2v) is 9.94. The van der Waals surface area contributed by atoms with Gasteiger partial charge in [-0.25, -0.2) is 9.97 Å². The molecule has 0 radical (unpaired) electrons. The fourth-order valence-corrected chi connectivity index (χ4v) is 4.79. The number of aryl methyl sites for hydroxylation is 2. The van der Waals surface area contributed by atoms with E-state index in [0.717, 1.165) is 35.3 Å². The number of unbranched alkanes of at least 4 members (excludes halogenated alkanes) is 3. The lowest BCUT2D eigenvalue weighted by molar-refractivity contribution is 0.357. The van der Waals surface area contributed by atoms with Crippen LogP contribution in [0.4, 0.5) is 5.82 Å². The summed E-state index contributed by atoms with van der Waals surface area (Å²) in [7, 11) is 0. The quantitative estimate of drug-likeness (QED) is 0.430. The Labute approximate surface area is 167 Å². The summed E-state index contributed by atoms with van der Waals surface area (Å²) in [5.74, 6) is 0.565. The highest BCUT2D eigenvalue weighted by Crippen LogP contribution is 2.33. The lowest BCUT2D eigenvalue weighted by Gasteiger charge is -2.17. The summed E-state index contributed by atoms with van der Waals surface area (Å²) in [6.07, 6.45) is 9.76. The van der Waals surface area contributed by atoms with Gasteiger partial charge in [-0.3, -0.25) is 0 Å². The molecule has 3 rings (SSSR count). The molecule has 1 aromatic carbocycles. The van der Waals surface area contributed by atoms with Crippen molar-refractivity contribution in [1.29, 1.82) is 0 Å². The molecule has 4 heteroatoms. The topological polar surface area (TPSA) is 51.8 Å². The standard InChI is InChI=1S/C23H33N3S/c1-5-10-19-26-20-21(27-19)17-13-12-16(15-18(17)25-22(20)24)11-8-6-7-9-14-23(2,3)4/h12-13,15H,5-11,14H2,1-4H3,(H2,24,25). The van der Waals surface area contributed by atoms with Crippen molar-refractivity contribution in [2.45, 2.75) is 79.1 Å². The smallest absolute Gasteiger partial charge is 0.151 e. The number of pyridine rings is 1. The average Bonchev–Trinajstić information content (AvgIpc) is 3.02. The van der Waals surface area contributed by atoms with Crippen molar-refractivity contribution in [3.05, 3.63) is 28.8 Å². The van der Waals surface area contributed by atoms with E-state index in [1.807, 2.05) is 0 Å². The number of hydrogen-bond donors (Lipinski definition) is 1. The highest BCUT2D eigenvalue weighted by Gasteiger charge is 2.13. The molecule has 0 aliphatic heterocycles. The first-order valence-electron chi connectivity index (χ1n) is 10.3. The number of nitrogens with zero attached hydrogens (tertiary/aromatic N) is 2. The highest BCUT2D eigenvalue weighted by molar-refractivity contribution is 7.19. The van der Waals surface area contributed by atoms with Gasteiger partial charge in [0.15, 0.2) is 5.82 Å². The van der Waals surface area contributed by atoms with Crippen LogP contribution in [0.15, 0.2) is 18.2 Å². The molecule has 0 atom stereocenters. The third kappa shape index (κ3) is 5.19. The molecule has 0 saturated carbocycles. The number of thiazole rings is 1. The predicted octanol–water partition coefficient (Wildman–Crippen LogP) is 6.92. The minimum absolute atomic E-state index is 0.461. The van der Waals surface area contributed by atoms with E-state index in [1.165, 1.54) is 47.8 Å². The minimum Gasteiger partial charge on any atom is -0.382 e. The van der Waals surface area contributed by atoms with E-state index in [9.17, 15) is 0 Å². The van der Waals surface area contributed by atoms with E-state index in [1.54, 1.807) is 11.3 Å². The molecule has 2 heterocycles. The van der Waals surface area contributed by atoms with E-state index in [-0.39, 0.29) is 0 Å². The number of nitrogen functional groups attached to an aromatic ring is 1. The van der Waals surface area contributed by atoms with Crippen LogP contribution < -0.4 is 5.73 Å². The van der Waals surface area contributed by atoms with Crippen molar-refractivity contribution in [3.63, 3.8) is 0 Å². The zero-order chi connectivity index (χ0) is 19.4. The molecule has 0 saturated heterocycles. The van der Waals surface area contributed by atoms with Crippen LogP contribution in [-0.4, -0.2) is 9.97 Å². The second kappa shape index (κ2) is 8.55. The molecular formula is C23H33N3S. The molecule has 0 fully saturated rings. The molecule has 0 spiro atoms. The first-order valence-corrected chi connectivity index (χ1v) is 11.2. The Kier molecular flexibility index (Phi) is 6.36. The van der Waals surface area contributed by atoms with Gasteiger partial charge in [0.05, 0.1) is 15.2 Å². The summed E-state index contributed by atoms with van der Waals surface area (Å²) in [5.41, 5.74) is 9.92. The Balaban J connectivity index is 1.67. The Morgan fingerprint density at radius 2 is 1.78 bits per heavy atom. The Hall–Kier alpha value is -1.68. The van der Waals surface area contributed by atoms with Crippen molar-refractivity contribution >= 4 is 38.3 Å². The van der Waals surface area contributed by atoms with Crippen LogP contribution >= 0.6 is 11.3 Å².